The minimum Gasteiger partial charge on any atom is -0.480 e. The van der Waals surface area contributed by atoms with Crippen LogP contribution in [-0.4, -0.2) is 35.6 Å². The first-order valence-electron chi connectivity index (χ1n) is 13.5. The molecule has 0 aromatic rings. The molecular weight excluding hydrogens is 430 g/mol. The molecule has 0 aromatic carbocycles. The van der Waals surface area contributed by atoms with E-state index in [0.29, 0.717) is 12.8 Å². The van der Waals surface area contributed by atoms with E-state index >= 15 is 0 Å². The highest BCUT2D eigenvalue weighted by Crippen LogP contribution is 2.14. The van der Waals surface area contributed by atoms with Gasteiger partial charge in [0.25, 0.3) is 0 Å². The number of amides is 1. The van der Waals surface area contributed by atoms with Gasteiger partial charge in [0, 0.05) is 12.8 Å². The van der Waals surface area contributed by atoms with Crippen molar-refractivity contribution in [3.8, 4) is 0 Å². The summed E-state index contributed by atoms with van der Waals surface area (Å²) < 4.78 is 5.75. The highest BCUT2D eigenvalue weighted by atomic mass is 16.5. The molecule has 2 N–H and O–H groups in total. The monoisotopic (exact) mass is 479 g/mol. The zero-order chi connectivity index (χ0) is 25.3. The zero-order valence-corrected chi connectivity index (χ0v) is 21.7. The zero-order valence-electron chi connectivity index (χ0n) is 21.7. The minimum absolute atomic E-state index is 0.111. The van der Waals surface area contributed by atoms with Crippen molar-refractivity contribution in [3.05, 3.63) is 24.3 Å². The molecule has 6 heteroatoms. The molecule has 0 aromatic heterocycles. The first kappa shape index (κ1) is 31.9. The van der Waals surface area contributed by atoms with Crippen LogP contribution in [0.1, 0.15) is 123 Å². The topological polar surface area (TPSA) is 92.7 Å². The Morgan fingerprint density at radius 2 is 1.44 bits per heavy atom. The molecule has 0 rings (SSSR count). The maximum atomic E-state index is 12.3. The van der Waals surface area contributed by atoms with Crippen LogP contribution in [0, 0.1) is 0 Å². The number of aliphatic carboxylic acids is 1. The Morgan fingerprint density at radius 3 is 2.12 bits per heavy atom. The van der Waals surface area contributed by atoms with Crippen LogP contribution in [0.2, 0.25) is 0 Å². The lowest BCUT2D eigenvalue weighted by atomic mass is 10.1. The van der Waals surface area contributed by atoms with Crippen LogP contribution in [0.5, 0.6) is 0 Å². The quantitative estimate of drug-likeness (QED) is 0.0946. The fourth-order valence-electron chi connectivity index (χ4n) is 3.59. The predicted molar refractivity (Wildman–Crippen MR) is 139 cm³/mol. The first-order chi connectivity index (χ1) is 16.5. The van der Waals surface area contributed by atoms with Gasteiger partial charge in [-0.25, -0.2) is 0 Å². The molecule has 1 unspecified atom stereocenters. The Balaban J connectivity index is 4.24. The Kier molecular flexibility index (Phi) is 22.5. The van der Waals surface area contributed by atoms with Gasteiger partial charge in [0.2, 0.25) is 5.91 Å². The van der Waals surface area contributed by atoms with Crippen LogP contribution in [0.4, 0.5) is 0 Å². The number of allylic oxidation sites excluding steroid dienone is 3. The summed E-state index contributed by atoms with van der Waals surface area (Å²) in [5.74, 6) is -1.37. The number of unbranched alkanes of at least 4 members (excludes halogenated alkanes) is 10. The van der Waals surface area contributed by atoms with Crippen molar-refractivity contribution in [2.24, 2.45) is 0 Å². The number of esters is 1. The number of carboxylic acids is 1. The Bertz CT molecular complexity index is 585. The fraction of sp³-hybridized carbons (Fsp3) is 0.750. The van der Waals surface area contributed by atoms with Crippen molar-refractivity contribution in [1.29, 1.82) is 0 Å². The normalized spacial score (nSPS) is 12.3. The average Bonchev–Trinajstić information content (AvgIpc) is 2.81. The molecule has 0 radical (unpaired) electrons. The van der Waals surface area contributed by atoms with Crippen LogP contribution in [0.15, 0.2) is 24.3 Å². The van der Waals surface area contributed by atoms with Gasteiger partial charge in [-0.3, -0.25) is 14.4 Å². The summed E-state index contributed by atoms with van der Waals surface area (Å²) in [6, 6.07) is 0. The van der Waals surface area contributed by atoms with Gasteiger partial charge < -0.3 is 15.2 Å². The summed E-state index contributed by atoms with van der Waals surface area (Å²) in [5, 5.41) is 11.0. The van der Waals surface area contributed by atoms with Gasteiger partial charge in [0.1, 0.15) is 12.6 Å². The molecule has 0 aliphatic carbocycles. The molecule has 0 aliphatic rings. The Hall–Kier alpha value is -2.11. The van der Waals surface area contributed by atoms with Gasteiger partial charge in [-0.15, -0.1) is 0 Å². The summed E-state index contributed by atoms with van der Waals surface area (Å²) in [7, 11) is 0. The molecule has 0 bridgehead atoms. The van der Waals surface area contributed by atoms with Gasteiger partial charge in [0.15, 0.2) is 0 Å². The second-order valence-corrected chi connectivity index (χ2v) is 8.95. The van der Waals surface area contributed by atoms with Gasteiger partial charge >= 0.3 is 11.9 Å². The molecule has 1 atom stereocenters. The maximum Gasteiger partial charge on any atom is 0.322 e. The summed E-state index contributed by atoms with van der Waals surface area (Å²) in [5.41, 5.74) is 0. The maximum absolute atomic E-state index is 12.3. The summed E-state index contributed by atoms with van der Waals surface area (Å²) >= 11 is 0. The summed E-state index contributed by atoms with van der Waals surface area (Å²) in [6.07, 6.45) is 24.6. The molecule has 0 saturated heterocycles. The highest BCUT2D eigenvalue weighted by molar-refractivity contribution is 5.80. The number of nitrogens with one attached hydrogen (secondary N) is 1. The van der Waals surface area contributed by atoms with Crippen LogP contribution in [0.3, 0.4) is 0 Å². The lowest BCUT2D eigenvalue weighted by Gasteiger charge is -2.14. The number of hydrogen-bond donors (Lipinski definition) is 2. The van der Waals surface area contributed by atoms with E-state index in [0.717, 1.165) is 64.2 Å². The molecule has 1 amide bonds. The van der Waals surface area contributed by atoms with Crippen molar-refractivity contribution >= 4 is 17.8 Å². The van der Waals surface area contributed by atoms with Crippen molar-refractivity contribution in [1.82, 2.24) is 5.32 Å². The smallest absolute Gasteiger partial charge is 0.322 e. The van der Waals surface area contributed by atoms with Crippen LogP contribution < -0.4 is 5.32 Å². The van der Waals surface area contributed by atoms with E-state index < -0.39 is 5.97 Å². The molecule has 196 valence electrons. The SMILES string of the molecule is CCC/C=C\C/C=C\C(CCCCCCC(=O)NCC(=O)O)OC(=O)CCCCCCCCC. The number of carbonyl (C=O) groups excluding carboxylic acids is 2. The lowest BCUT2D eigenvalue weighted by Crippen LogP contribution is -2.28. The third-order valence-electron chi connectivity index (χ3n) is 5.59. The molecule has 0 spiro atoms. The largest absolute Gasteiger partial charge is 0.480 e. The van der Waals surface area contributed by atoms with Gasteiger partial charge in [0.05, 0.1) is 0 Å². The van der Waals surface area contributed by atoms with Crippen LogP contribution >= 0.6 is 0 Å². The van der Waals surface area contributed by atoms with Crippen molar-refractivity contribution in [2.75, 3.05) is 6.54 Å². The Labute approximate surface area is 207 Å². The van der Waals surface area contributed by atoms with Gasteiger partial charge in [-0.1, -0.05) is 89.9 Å². The van der Waals surface area contributed by atoms with E-state index in [-0.39, 0.29) is 24.5 Å². The summed E-state index contributed by atoms with van der Waals surface area (Å²) in [4.78, 5) is 34.3. The van der Waals surface area contributed by atoms with Crippen LogP contribution in [-0.2, 0) is 19.1 Å². The Morgan fingerprint density at radius 1 is 0.794 bits per heavy atom. The van der Waals surface area contributed by atoms with Crippen molar-refractivity contribution < 1.29 is 24.2 Å². The van der Waals surface area contributed by atoms with Gasteiger partial charge in [-0.05, 0) is 44.6 Å². The first-order valence-corrected chi connectivity index (χ1v) is 13.5. The molecule has 0 saturated carbocycles. The molecule has 34 heavy (non-hydrogen) atoms. The molecular formula is C28H49NO5. The number of rotatable bonds is 23. The molecule has 0 fully saturated rings. The highest BCUT2D eigenvalue weighted by Gasteiger charge is 2.11. The second-order valence-electron chi connectivity index (χ2n) is 8.95. The minimum atomic E-state index is -1.03. The number of carboxylic acid groups (broad SMARTS) is 1. The molecule has 0 aliphatic heterocycles. The summed E-state index contributed by atoms with van der Waals surface area (Å²) in [6.45, 7) is 4.04. The third-order valence-corrected chi connectivity index (χ3v) is 5.59. The fourth-order valence-corrected chi connectivity index (χ4v) is 3.59. The molecule has 0 heterocycles. The van der Waals surface area contributed by atoms with Crippen LogP contribution in [0.25, 0.3) is 0 Å². The van der Waals surface area contributed by atoms with E-state index in [2.05, 4.69) is 37.4 Å². The third kappa shape index (κ3) is 23.1. The molecule has 6 nitrogen and oxygen atoms in total. The number of carbonyl (C=O) groups is 3. The lowest BCUT2D eigenvalue weighted by molar-refractivity contribution is -0.147. The van der Waals surface area contributed by atoms with E-state index in [1.54, 1.807) is 0 Å². The number of hydrogen-bond acceptors (Lipinski definition) is 4. The predicted octanol–water partition coefficient (Wildman–Crippen LogP) is 6.88. The number of ether oxygens (including phenoxy) is 1. The van der Waals surface area contributed by atoms with E-state index in [1.807, 2.05) is 6.08 Å². The second kappa shape index (κ2) is 24.0. The van der Waals surface area contributed by atoms with E-state index in [9.17, 15) is 14.4 Å². The van der Waals surface area contributed by atoms with Crippen molar-refractivity contribution in [3.63, 3.8) is 0 Å². The van der Waals surface area contributed by atoms with Crippen molar-refractivity contribution in [2.45, 2.75) is 129 Å². The van der Waals surface area contributed by atoms with E-state index in [4.69, 9.17) is 9.84 Å². The van der Waals surface area contributed by atoms with E-state index in [1.165, 1.54) is 32.1 Å². The standard InChI is InChI=1S/C28H49NO5/c1-3-5-7-9-11-13-19-23-28(33)34-25(20-16-12-10-8-6-4-2)21-17-14-15-18-22-26(30)29-24-27(31)32/h8,10,16,20,25H,3-7,9,11-15,17-19,21-24H2,1-2H3,(H,29,30)(H,31,32)/b10-8-,20-16-. The average molecular weight is 480 g/mol. The van der Waals surface area contributed by atoms with Gasteiger partial charge in [-0.2, -0.15) is 0 Å².